The van der Waals surface area contributed by atoms with Gasteiger partial charge in [-0.1, -0.05) is 12.2 Å². The largest absolute Gasteiger partial charge is 0.368 e. The number of carbonyl (C=O) groups is 2. The lowest BCUT2D eigenvalue weighted by Gasteiger charge is -2.37. The zero-order chi connectivity index (χ0) is 20.2. The number of allylic oxidation sites excluding steroid dienone is 2. The van der Waals surface area contributed by atoms with Gasteiger partial charge in [-0.3, -0.25) is 24.4 Å². The Morgan fingerprint density at radius 2 is 1.57 bits per heavy atom. The third-order valence-corrected chi connectivity index (χ3v) is 8.24. The maximum Gasteiger partial charge on any atom is 0.233 e. The lowest BCUT2D eigenvalue weighted by molar-refractivity contribution is -0.140. The zero-order valence-electron chi connectivity index (χ0n) is 17.4. The summed E-state index contributed by atoms with van der Waals surface area (Å²) < 4.78 is 0. The number of aromatic nitrogens is 1. The van der Waals surface area contributed by atoms with Crippen LogP contribution in [0.1, 0.15) is 19.3 Å². The van der Waals surface area contributed by atoms with Gasteiger partial charge in [0.15, 0.2) is 0 Å². The molecule has 158 valence electrons. The molecule has 4 fully saturated rings. The highest BCUT2D eigenvalue weighted by atomic mass is 16.2. The molecule has 1 aromatic rings. The number of pyridine rings is 1. The second kappa shape index (κ2) is 7.19. The van der Waals surface area contributed by atoms with E-state index < -0.39 is 0 Å². The summed E-state index contributed by atoms with van der Waals surface area (Å²) in [6.07, 6.45) is 11.4. The van der Waals surface area contributed by atoms with Crippen molar-refractivity contribution in [3.8, 4) is 0 Å². The van der Waals surface area contributed by atoms with Crippen LogP contribution in [0.3, 0.4) is 0 Å². The number of hydrogen-bond donors (Lipinski definition) is 0. The van der Waals surface area contributed by atoms with Crippen molar-refractivity contribution >= 4 is 17.5 Å². The van der Waals surface area contributed by atoms with E-state index >= 15 is 0 Å². The highest BCUT2D eigenvalue weighted by Gasteiger charge is 2.66. The summed E-state index contributed by atoms with van der Waals surface area (Å²) in [7, 11) is 0. The molecule has 0 N–H and O–H groups in total. The van der Waals surface area contributed by atoms with Gasteiger partial charge in [0, 0.05) is 38.9 Å². The third-order valence-electron chi connectivity index (χ3n) is 8.24. The van der Waals surface area contributed by atoms with Gasteiger partial charge in [0.2, 0.25) is 11.8 Å². The van der Waals surface area contributed by atoms with Crippen LogP contribution in [0.4, 0.5) is 5.69 Å². The van der Waals surface area contributed by atoms with Crippen LogP contribution < -0.4 is 4.90 Å². The highest BCUT2D eigenvalue weighted by molar-refractivity contribution is 6.06. The molecule has 7 rings (SSSR count). The van der Waals surface area contributed by atoms with Crippen molar-refractivity contribution in [1.82, 2.24) is 14.8 Å². The van der Waals surface area contributed by atoms with Gasteiger partial charge < -0.3 is 4.90 Å². The topological polar surface area (TPSA) is 56.8 Å². The number of carbonyl (C=O) groups excluding carboxylic acids is 2. The van der Waals surface area contributed by atoms with Crippen LogP contribution in [0.5, 0.6) is 0 Å². The number of rotatable bonds is 6. The minimum absolute atomic E-state index is 0.0446. The molecule has 3 heterocycles. The number of anilines is 1. The van der Waals surface area contributed by atoms with E-state index in [1.54, 1.807) is 4.90 Å². The zero-order valence-corrected chi connectivity index (χ0v) is 17.4. The Labute approximate surface area is 177 Å². The van der Waals surface area contributed by atoms with E-state index in [0.29, 0.717) is 30.2 Å². The Hall–Kier alpha value is -2.21. The number of imide groups is 1. The molecule has 6 heteroatoms. The van der Waals surface area contributed by atoms with E-state index in [9.17, 15) is 9.59 Å². The van der Waals surface area contributed by atoms with Crippen LogP contribution in [0.15, 0.2) is 36.7 Å². The maximum absolute atomic E-state index is 13.0. The van der Waals surface area contributed by atoms with Crippen molar-refractivity contribution in [3.63, 3.8) is 0 Å². The first kappa shape index (κ1) is 18.6. The molecule has 2 bridgehead atoms. The van der Waals surface area contributed by atoms with E-state index in [2.05, 4.69) is 33.0 Å². The minimum atomic E-state index is -0.0446. The molecule has 2 saturated heterocycles. The van der Waals surface area contributed by atoms with Crippen LogP contribution in [-0.2, 0) is 9.59 Å². The van der Waals surface area contributed by atoms with Crippen LogP contribution >= 0.6 is 0 Å². The van der Waals surface area contributed by atoms with Gasteiger partial charge in [-0.2, -0.15) is 0 Å². The van der Waals surface area contributed by atoms with Gasteiger partial charge in [0.1, 0.15) is 0 Å². The van der Waals surface area contributed by atoms with Crippen LogP contribution in [0, 0.1) is 35.5 Å². The molecular formula is C24H30N4O2. The fourth-order valence-corrected chi connectivity index (χ4v) is 6.61. The van der Waals surface area contributed by atoms with Crippen molar-refractivity contribution in [2.24, 2.45) is 35.5 Å². The summed E-state index contributed by atoms with van der Waals surface area (Å²) in [4.78, 5) is 36.8. The minimum Gasteiger partial charge on any atom is -0.368 e. The number of likely N-dealkylation sites (tertiary alicyclic amines) is 1. The Morgan fingerprint density at radius 1 is 0.900 bits per heavy atom. The molecule has 6 aliphatic rings. The van der Waals surface area contributed by atoms with E-state index in [1.165, 1.54) is 12.1 Å². The van der Waals surface area contributed by atoms with Gasteiger partial charge in [-0.15, -0.1) is 0 Å². The summed E-state index contributed by atoms with van der Waals surface area (Å²) in [5.74, 6) is 2.20. The predicted octanol–water partition coefficient (Wildman–Crippen LogP) is 2.04. The summed E-state index contributed by atoms with van der Waals surface area (Å²) in [5, 5.41) is 0. The quantitative estimate of drug-likeness (QED) is 0.411. The molecule has 6 nitrogen and oxygen atoms in total. The first-order valence-corrected chi connectivity index (χ1v) is 11.6. The molecular weight excluding hydrogens is 376 g/mol. The number of unbranched alkanes of at least 4 members (excludes halogenated alkanes) is 1. The molecule has 0 spiro atoms. The van der Waals surface area contributed by atoms with Gasteiger partial charge in [-0.05, 0) is 61.6 Å². The van der Waals surface area contributed by atoms with Crippen molar-refractivity contribution in [1.29, 1.82) is 0 Å². The molecule has 0 radical (unpaired) electrons. The summed E-state index contributed by atoms with van der Waals surface area (Å²) in [5.41, 5.74) is 1.20. The number of hydrogen-bond acceptors (Lipinski definition) is 5. The van der Waals surface area contributed by atoms with Gasteiger partial charge in [0.05, 0.1) is 23.7 Å². The van der Waals surface area contributed by atoms with Crippen LogP contribution in [0.25, 0.3) is 0 Å². The smallest absolute Gasteiger partial charge is 0.233 e. The molecule has 2 aliphatic heterocycles. The van der Waals surface area contributed by atoms with Crippen molar-refractivity contribution in [2.45, 2.75) is 19.3 Å². The molecule has 4 aliphatic carbocycles. The van der Waals surface area contributed by atoms with Crippen LogP contribution in [-0.4, -0.2) is 65.9 Å². The first-order chi connectivity index (χ1) is 14.7. The second-order valence-electron chi connectivity index (χ2n) is 9.73. The highest BCUT2D eigenvalue weighted by Crippen LogP contribution is 2.65. The molecule has 1 aromatic heterocycles. The number of nitrogens with zero attached hydrogens (tertiary/aromatic N) is 4. The van der Waals surface area contributed by atoms with E-state index in [-0.39, 0.29) is 23.7 Å². The maximum atomic E-state index is 13.0. The summed E-state index contributed by atoms with van der Waals surface area (Å²) in [6, 6.07) is 4.11. The Morgan fingerprint density at radius 3 is 2.20 bits per heavy atom. The fraction of sp³-hybridized carbons (Fsp3) is 0.625. The van der Waals surface area contributed by atoms with Crippen molar-refractivity contribution < 1.29 is 9.59 Å². The van der Waals surface area contributed by atoms with Gasteiger partial charge >= 0.3 is 0 Å². The lowest BCUT2D eigenvalue weighted by atomic mass is 9.63. The van der Waals surface area contributed by atoms with E-state index in [4.69, 9.17) is 0 Å². The summed E-state index contributed by atoms with van der Waals surface area (Å²) >= 11 is 0. The fourth-order valence-electron chi connectivity index (χ4n) is 6.61. The molecule has 2 saturated carbocycles. The molecule has 30 heavy (non-hydrogen) atoms. The molecule has 6 atom stereocenters. The Balaban J connectivity index is 0.974. The third kappa shape index (κ3) is 2.91. The lowest BCUT2D eigenvalue weighted by Crippen LogP contribution is -2.46. The molecule has 0 unspecified atom stereocenters. The monoisotopic (exact) mass is 406 g/mol. The average molecular weight is 407 g/mol. The van der Waals surface area contributed by atoms with E-state index in [0.717, 1.165) is 45.6 Å². The SMILES string of the molecule is O=C1[C@@H]2[C@H]3C=C[C@@H]([C@@H]4C[C@H]34)[C@H]2C(=O)N1CCCCN1CCN(c2cccnc2)CC1. The van der Waals surface area contributed by atoms with Crippen molar-refractivity contribution in [2.75, 3.05) is 44.2 Å². The Bertz CT molecular complexity index is 827. The summed E-state index contributed by atoms with van der Waals surface area (Å²) in [6.45, 7) is 5.80. The van der Waals surface area contributed by atoms with Crippen LogP contribution in [0.2, 0.25) is 0 Å². The number of amides is 2. The van der Waals surface area contributed by atoms with E-state index in [1.807, 2.05) is 18.5 Å². The van der Waals surface area contributed by atoms with Gasteiger partial charge in [0.25, 0.3) is 0 Å². The van der Waals surface area contributed by atoms with Gasteiger partial charge in [-0.25, -0.2) is 0 Å². The Kier molecular flexibility index (Phi) is 4.44. The molecule has 2 amide bonds. The average Bonchev–Trinajstić information content (AvgIpc) is 3.57. The standard InChI is InChI=1S/C24H30N4O2/c29-23-21-17-5-6-18(20-14-19(17)20)22(21)24(30)28(23)9-2-1-8-26-10-12-27(13-11-26)16-4-3-7-25-15-16/h3-7,15,17-22H,1-2,8-14H2/t17-,18-,19-,20+,21+,22+/m0/s1. The second-order valence-corrected chi connectivity index (χ2v) is 9.73. The van der Waals surface area contributed by atoms with Crippen molar-refractivity contribution in [3.05, 3.63) is 36.7 Å². The normalized spacial score (nSPS) is 36.9. The number of piperazine rings is 1. The first-order valence-electron chi connectivity index (χ1n) is 11.6. The molecule has 0 aromatic carbocycles. The predicted molar refractivity (Wildman–Crippen MR) is 114 cm³/mol.